The van der Waals surface area contributed by atoms with E-state index in [1.54, 1.807) is 13.0 Å². The van der Waals surface area contributed by atoms with Gasteiger partial charge in [-0.05, 0) is 95.8 Å². The maximum absolute atomic E-state index is 12.6. The number of amides is 2. The summed E-state index contributed by atoms with van der Waals surface area (Å²) in [5, 5.41) is 2.99. The summed E-state index contributed by atoms with van der Waals surface area (Å²) in [7, 11) is 0. The monoisotopic (exact) mass is 437 g/mol. The Balaban J connectivity index is 1.89. The number of halogens is 1. The van der Waals surface area contributed by atoms with Gasteiger partial charge < -0.3 is 15.0 Å². The second kappa shape index (κ2) is 10.1. The Labute approximate surface area is 185 Å². The number of hydrogen-bond donors (Lipinski definition) is 2. The van der Waals surface area contributed by atoms with Crippen molar-refractivity contribution in [1.29, 1.82) is 0 Å². The van der Waals surface area contributed by atoms with Crippen LogP contribution in [-0.2, 0) is 16.0 Å². The SMILES string of the molecule is CC(=O)N1c2ccc(C(=O)NCCC(C)(C)OCCC(C)(C)NCl)cc2CC[C@@H]1C. The Kier molecular flexibility index (Phi) is 8.31. The highest BCUT2D eigenvalue weighted by Gasteiger charge is 2.27. The lowest BCUT2D eigenvalue weighted by atomic mass is 9.94. The number of ether oxygens (including phenoxy) is 1. The first-order valence-electron chi connectivity index (χ1n) is 10.7. The third-order valence-corrected chi connectivity index (χ3v) is 6.21. The molecule has 0 radical (unpaired) electrons. The van der Waals surface area contributed by atoms with E-state index in [0.29, 0.717) is 25.1 Å². The molecular formula is C23H36ClN3O3. The zero-order chi connectivity index (χ0) is 22.5. The average Bonchev–Trinajstić information content (AvgIpc) is 2.66. The Morgan fingerprint density at radius 1 is 1.23 bits per heavy atom. The molecule has 0 spiro atoms. The minimum Gasteiger partial charge on any atom is -0.375 e. The second-order valence-electron chi connectivity index (χ2n) is 9.46. The molecule has 30 heavy (non-hydrogen) atoms. The van der Waals surface area contributed by atoms with E-state index in [0.717, 1.165) is 30.5 Å². The van der Waals surface area contributed by atoms with Gasteiger partial charge in [0.25, 0.3) is 5.91 Å². The van der Waals surface area contributed by atoms with Crippen molar-refractivity contribution in [2.24, 2.45) is 0 Å². The minimum atomic E-state index is -0.344. The fraction of sp³-hybridized carbons (Fsp3) is 0.652. The molecule has 6 nitrogen and oxygen atoms in total. The number of fused-ring (bicyclic) bond motifs is 1. The number of nitrogens with zero attached hydrogens (tertiary/aromatic N) is 1. The van der Waals surface area contributed by atoms with Crippen LogP contribution in [0.15, 0.2) is 18.2 Å². The second-order valence-corrected chi connectivity index (χ2v) is 9.65. The van der Waals surface area contributed by atoms with Gasteiger partial charge in [0.05, 0.1) is 5.60 Å². The molecule has 1 aromatic carbocycles. The molecule has 0 saturated heterocycles. The zero-order valence-electron chi connectivity index (χ0n) is 19.1. The first-order valence-corrected chi connectivity index (χ1v) is 11.1. The molecule has 168 valence electrons. The Morgan fingerprint density at radius 2 is 1.93 bits per heavy atom. The van der Waals surface area contributed by atoms with E-state index in [1.165, 1.54) is 0 Å². The van der Waals surface area contributed by atoms with Gasteiger partial charge in [0.2, 0.25) is 5.91 Å². The lowest BCUT2D eigenvalue weighted by Crippen LogP contribution is -2.40. The van der Waals surface area contributed by atoms with Gasteiger partial charge in [0.15, 0.2) is 0 Å². The van der Waals surface area contributed by atoms with Crippen molar-refractivity contribution in [3.8, 4) is 0 Å². The van der Waals surface area contributed by atoms with Gasteiger partial charge in [-0.15, -0.1) is 0 Å². The molecule has 1 heterocycles. The van der Waals surface area contributed by atoms with Crippen LogP contribution in [0.25, 0.3) is 0 Å². The van der Waals surface area contributed by atoms with Crippen LogP contribution in [0.5, 0.6) is 0 Å². The molecular weight excluding hydrogens is 402 g/mol. The number of benzene rings is 1. The molecule has 1 aliphatic rings. The van der Waals surface area contributed by atoms with Crippen molar-refractivity contribution in [2.75, 3.05) is 18.1 Å². The van der Waals surface area contributed by atoms with Crippen molar-refractivity contribution in [1.82, 2.24) is 10.2 Å². The summed E-state index contributed by atoms with van der Waals surface area (Å²) in [4.78, 5) is 29.2. The lowest BCUT2D eigenvalue weighted by molar-refractivity contribution is -0.117. The van der Waals surface area contributed by atoms with Gasteiger partial charge in [-0.25, -0.2) is 4.84 Å². The summed E-state index contributed by atoms with van der Waals surface area (Å²) in [6.07, 6.45) is 3.26. The summed E-state index contributed by atoms with van der Waals surface area (Å²) in [5.74, 6) is -0.0674. The predicted octanol–water partition coefficient (Wildman–Crippen LogP) is 4.20. The van der Waals surface area contributed by atoms with E-state index < -0.39 is 0 Å². The predicted molar refractivity (Wildman–Crippen MR) is 122 cm³/mol. The number of carbonyl (C=O) groups is 2. The van der Waals surface area contributed by atoms with Crippen molar-refractivity contribution in [3.05, 3.63) is 29.3 Å². The van der Waals surface area contributed by atoms with Crippen LogP contribution in [-0.4, -0.2) is 42.1 Å². The zero-order valence-corrected chi connectivity index (χ0v) is 19.9. The van der Waals surface area contributed by atoms with Gasteiger partial charge in [-0.3, -0.25) is 9.59 Å². The highest BCUT2D eigenvalue weighted by Crippen LogP contribution is 2.31. The van der Waals surface area contributed by atoms with Crippen LogP contribution in [0, 0.1) is 0 Å². The molecule has 0 fully saturated rings. The highest BCUT2D eigenvalue weighted by atomic mass is 35.5. The van der Waals surface area contributed by atoms with Gasteiger partial charge in [-0.2, -0.15) is 0 Å². The average molecular weight is 438 g/mol. The molecule has 7 heteroatoms. The number of hydrogen-bond acceptors (Lipinski definition) is 4. The fourth-order valence-electron chi connectivity index (χ4n) is 3.65. The van der Waals surface area contributed by atoms with E-state index in [9.17, 15) is 9.59 Å². The van der Waals surface area contributed by atoms with Gasteiger partial charge in [0.1, 0.15) is 0 Å². The first kappa shape index (κ1) is 24.6. The smallest absolute Gasteiger partial charge is 0.251 e. The molecule has 0 saturated carbocycles. The number of anilines is 1. The number of rotatable bonds is 9. The number of nitrogens with one attached hydrogen (secondary N) is 2. The lowest BCUT2D eigenvalue weighted by Gasteiger charge is -2.34. The van der Waals surface area contributed by atoms with Crippen LogP contribution in [0.3, 0.4) is 0 Å². The standard InChI is InChI=1S/C23H36ClN3O3/c1-16-7-8-18-15-19(9-10-20(18)27(16)17(2)28)21(29)25-13-11-23(5,6)30-14-12-22(3,4)26-24/h9-10,15-16,26H,7-8,11-14H2,1-6H3,(H,25,29)/t16-/m0/s1. The molecule has 0 unspecified atom stereocenters. The summed E-state index contributed by atoms with van der Waals surface area (Å²) in [5.41, 5.74) is 2.06. The van der Waals surface area contributed by atoms with Gasteiger partial charge in [0, 0.05) is 42.9 Å². The molecule has 0 bridgehead atoms. The summed E-state index contributed by atoms with van der Waals surface area (Å²) in [6, 6.07) is 5.78. The molecule has 2 amide bonds. The van der Waals surface area contributed by atoms with E-state index in [-0.39, 0.29) is 29.0 Å². The topological polar surface area (TPSA) is 70.7 Å². The molecule has 0 aliphatic carbocycles. The van der Waals surface area contributed by atoms with Crippen LogP contribution in [0.1, 0.15) is 76.7 Å². The third kappa shape index (κ3) is 6.69. The Bertz CT molecular complexity index is 764. The summed E-state index contributed by atoms with van der Waals surface area (Å²) in [6.45, 7) is 12.8. The van der Waals surface area contributed by atoms with Crippen molar-refractivity contribution < 1.29 is 14.3 Å². The fourth-order valence-corrected chi connectivity index (χ4v) is 3.75. The van der Waals surface area contributed by atoms with Crippen LogP contribution in [0.2, 0.25) is 0 Å². The number of aryl methyl sites for hydroxylation is 1. The maximum atomic E-state index is 12.6. The third-order valence-electron chi connectivity index (χ3n) is 5.70. The van der Waals surface area contributed by atoms with Crippen molar-refractivity contribution >= 4 is 29.3 Å². The molecule has 0 aromatic heterocycles. The highest BCUT2D eigenvalue weighted by molar-refractivity contribution is 6.13. The maximum Gasteiger partial charge on any atom is 0.251 e. The van der Waals surface area contributed by atoms with Crippen LogP contribution in [0.4, 0.5) is 5.69 Å². The molecule has 1 aliphatic heterocycles. The Hall–Kier alpha value is -1.63. The van der Waals surface area contributed by atoms with Crippen LogP contribution < -0.4 is 15.1 Å². The normalized spacial score (nSPS) is 16.9. The largest absolute Gasteiger partial charge is 0.375 e. The van der Waals surface area contributed by atoms with Crippen molar-refractivity contribution in [2.45, 2.75) is 84.4 Å². The van der Waals surface area contributed by atoms with Crippen molar-refractivity contribution in [3.63, 3.8) is 0 Å². The van der Waals surface area contributed by atoms with Gasteiger partial charge in [-0.1, -0.05) is 0 Å². The quantitative estimate of drug-likeness (QED) is 0.568. The molecule has 1 aromatic rings. The number of carbonyl (C=O) groups excluding carboxylic acids is 2. The molecule has 2 N–H and O–H groups in total. The van der Waals surface area contributed by atoms with E-state index in [1.807, 2.05) is 44.7 Å². The molecule has 2 rings (SSSR count). The van der Waals surface area contributed by atoms with Gasteiger partial charge >= 0.3 is 0 Å². The minimum absolute atomic E-state index is 0.0353. The van der Waals surface area contributed by atoms with E-state index >= 15 is 0 Å². The first-order chi connectivity index (χ1) is 14.0. The van der Waals surface area contributed by atoms with E-state index in [4.69, 9.17) is 16.5 Å². The molecule has 1 atom stereocenters. The Morgan fingerprint density at radius 3 is 2.57 bits per heavy atom. The summed E-state index contributed by atoms with van der Waals surface area (Å²) < 4.78 is 5.99. The van der Waals surface area contributed by atoms with E-state index in [2.05, 4.69) is 17.1 Å². The summed E-state index contributed by atoms with van der Waals surface area (Å²) >= 11 is 5.72. The van der Waals surface area contributed by atoms with Crippen LogP contribution >= 0.6 is 11.8 Å².